The van der Waals surface area contributed by atoms with Crippen LogP contribution in [0.25, 0.3) is 0 Å². The van der Waals surface area contributed by atoms with E-state index in [1.165, 1.54) is 48.4 Å². The standard InChI is InChI=1S/C23H30N6O3/c1-28(2)21-19-5-3-4-6-20(19)26-23(27-21)25-17-11-9-16(10-12-17)24-22(30)15-7-13-18(14-8-15)29(31)32/h7-8,13-14,16-17H,3-6,9-12H2,1-2H3,(H,24,30)(H,25,26,27). The minimum absolute atomic E-state index is 0.0186. The Balaban J connectivity index is 1.33. The molecule has 9 nitrogen and oxygen atoms in total. The van der Waals surface area contributed by atoms with Gasteiger partial charge in [0.05, 0.1) is 10.6 Å². The normalized spacial score (nSPS) is 20.2. The average molecular weight is 439 g/mol. The SMILES string of the molecule is CN(C)c1nc(NC2CCC(NC(=O)c3ccc([N+](=O)[O-])cc3)CC2)nc2c1CCCC2. The molecule has 9 heteroatoms. The van der Waals surface area contributed by atoms with Crippen LogP contribution in [0.3, 0.4) is 0 Å². The summed E-state index contributed by atoms with van der Waals surface area (Å²) in [4.78, 5) is 34.5. The molecular weight excluding hydrogens is 408 g/mol. The lowest BCUT2D eigenvalue weighted by Gasteiger charge is -2.30. The Morgan fingerprint density at radius 2 is 1.69 bits per heavy atom. The zero-order chi connectivity index (χ0) is 22.7. The average Bonchev–Trinajstić information content (AvgIpc) is 2.79. The molecular formula is C23H30N6O3. The van der Waals surface area contributed by atoms with Gasteiger partial charge >= 0.3 is 0 Å². The molecule has 1 amide bonds. The van der Waals surface area contributed by atoms with Crippen molar-refractivity contribution < 1.29 is 9.72 Å². The van der Waals surface area contributed by atoms with Crippen molar-refractivity contribution >= 4 is 23.4 Å². The molecule has 1 fully saturated rings. The first-order valence-electron chi connectivity index (χ1n) is 11.3. The van der Waals surface area contributed by atoms with E-state index < -0.39 is 4.92 Å². The smallest absolute Gasteiger partial charge is 0.269 e. The van der Waals surface area contributed by atoms with Gasteiger partial charge in [0.25, 0.3) is 11.6 Å². The number of aryl methyl sites for hydroxylation is 1. The molecule has 2 aliphatic rings. The second-order valence-corrected chi connectivity index (χ2v) is 8.87. The number of fused-ring (bicyclic) bond motifs is 1. The van der Waals surface area contributed by atoms with Crippen molar-refractivity contribution in [2.24, 2.45) is 0 Å². The van der Waals surface area contributed by atoms with Crippen molar-refractivity contribution in [2.75, 3.05) is 24.3 Å². The lowest BCUT2D eigenvalue weighted by Crippen LogP contribution is -2.40. The third kappa shape index (κ3) is 4.98. The predicted molar refractivity (Wildman–Crippen MR) is 123 cm³/mol. The molecule has 4 rings (SSSR count). The topological polar surface area (TPSA) is 113 Å². The maximum absolute atomic E-state index is 12.5. The minimum Gasteiger partial charge on any atom is -0.362 e. The van der Waals surface area contributed by atoms with Crippen LogP contribution in [0.5, 0.6) is 0 Å². The summed E-state index contributed by atoms with van der Waals surface area (Å²) in [6.07, 6.45) is 7.99. The summed E-state index contributed by atoms with van der Waals surface area (Å²) in [5, 5.41) is 17.4. The highest BCUT2D eigenvalue weighted by molar-refractivity contribution is 5.94. The van der Waals surface area contributed by atoms with Crippen molar-refractivity contribution in [3.05, 3.63) is 51.2 Å². The highest BCUT2D eigenvalue weighted by Crippen LogP contribution is 2.29. The Bertz CT molecular complexity index is 984. The van der Waals surface area contributed by atoms with Gasteiger partial charge in [-0.1, -0.05) is 0 Å². The van der Waals surface area contributed by atoms with Gasteiger partial charge in [0.2, 0.25) is 5.95 Å². The van der Waals surface area contributed by atoms with Crippen LogP contribution in [-0.4, -0.2) is 47.0 Å². The number of benzene rings is 1. The molecule has 32 heavy (non-hydrogen) atoms. The summed E-state index contributed by atoms with van der Waals surface area (Å²) in [7, 11) is 4.06. The molecule has 0 saturated heterocycles. The maximum Gasteiger partial charge on any atom is 0.269 e. The van der Waals surface area contributed by atoms with Crippen molar-refractivity contribution in [3.8, 4) is 0 Å². The van der Waals surface area contributed by atoms with Gasteiger partial charge in [-0.05, 0) is 63.5 Å². The number of aromatic nitrogens is 2. The van der Waals surface area contributed by atoms with Gasteiger partial charge in [-0.25, -0.2) is 4.98 Å². The lowest BCUT2D eigenvalue weighted by atomic mass is 9.91. The number of hydrogen-bond acceptors (Lipinski definition) is 7. The van der Waals surface area contributed by atoms with Gasteiger partial charge in [0.15, 0.2) is 0 Å². The van der Waals surface area contributed by atoms with Crippen molar-refractivity contribution in [1.29, 1.82) is 0 Å². The van der Waals surface area contributed by atoms with Crippen LogP contribution in [0.15, 0.2) is 24.3 Å². The third-order valence-electron chi connectivity index (χ3n) is 6.32. The molecule has 170 valence electrons. The molecule has 0 aliphatic heterocycles. The summed E-state index contributed by atoms with van der Waals surface area (Å²) >= 11 is 0. The monoisotopic (exact) mass is 438 g/mol. The molecule has 0 unspecified atom stereocenters. The zero-order valence-corrected chi connectivity index (χ0v) is 18.6. The van der Waals surface area contributed by atoms with Gasteiger partial charge in [-0.2, -0.15) is 4.98 Å². The van der Waals surface area contributed by atoms with Crippen LogP contribution in [-0.2, 0) is 12.8 Å². The summed E-state index contributed by atoms with van der Waals surface area (Å²) in [6, 6.07) is 6.08. The van der Waals surface area contributed by atoms with Crippen molar-refractivity contribution in [2.45, 2.75) is 63.5 Å². The number of non-ortho nitro benzene ring substituents is 1. The summed E-state index contributed by atoms with van der Waals surface area (Å²) < 4.78 is 0. The summed E-state index contributed by atoms with van der Waals surface area (Å²) in [5.74, 6) is 1.53. The van der Waals surface area contributed by atoms with Gasteiger partial charge < -0.3 is 15.5 Å². The highest BCUT2D eigenvalue weighted by atomic mass is 16.6. The molecule has 1 aromatic heterocycles. The Morgan fingerprint density at radius 3 is 2.34 bits per heavy atom. The molecule has 2 aromatic rings. The fourth-order valence-electron chi connectivity index (χ4n) is 4.58. The Morgan fingerprint density at radius 1 is 1.03 bits per heavy atom. The number of amides is 1. The van der Waals surface area contributed by atoms with Crippen LogP contribution >= 0.6 is 0 Å². The van der Waals surface area contributed by atoms with E-state index in [4.69, 9.17) is 9.97 Å². The van der Waals surface area contributed by atoms with E-state index in [-0.39, 0.29) is 23.7 Å². The van der Waals surface area contributed by atoms with Crippen LogP contribution in [0.1, 0.15) is 60.1 Å². The Kier molecular flexibility index (Phi) is 6.53. The van der Waals surface area contributed by atoms with Gasteiger partial charge in [0.1, 0.15) is 5.82 Å². The predicted octanol–water partition coefficient (Wildman–Crippen LogP) is 3.48. The maximum atomic E-state index is 12.5. The second-order valence-electron chi connectivity index (χ2n) is 8.87. The van der Waals surface area contributed by atoms with Crippen molar-refractivity contribution in [1.82, 2.24) is 15.3 Å². The molecule has 0 bridgehead atoms. The molecule has 1 saturated carbocycles. The molecule has 2 aliphatic carbocycles. The molecule has 2 N–H and O–H groups in total. The number of nitro groups is 1. The van der Waals surface area contributed by atoms with E-state index in [0.717, 1.165) is 44.3 Å². The van der Waals surface area contributed by atoms with E-state index in [1.807, 2.05) is 14.1 Å². The number of nitro benzene ring substituents is 1. The largest absolute Gasteiger partial charge is 0.362 e. The highest BCUT2D eigenvalue weighted by Gasteiger charge is 2.25. The number of nitrogens with zero attached hydrogens (tertiary/aromatic N) is 4. The number of carbonyl (C=O) groups excluding carboxylic acids is 1. The summed E-state index contributed by atoms with van der Waals surface area (Å²) in [6.45, 7) is 0. The number of rotatable bonds is 6. The van der Waals surface area contributed by atoms with Crippen LogP contribution < -0.4 is 15.5 Å². The fourth-order valence-corrected chi connectivity index (χ4v) is 4.58. The number of nitrogens with one attached hydrogen (secondary N) is 2. The molecule has 0 spiro atoms. The number of anilines is 2. The molecule has 1 heterocycles. The lowest BCUT2D eigenvalue weighted by molar-refractivity contribution is -0.384. The first-order valence-corrected chi connectivity index (χ1v) is 11.3. The second kappa shape index (κ2) is 9.50. The van der Waals surface area contributed by atoms with Gasteiger partial charge in [-0.3, -0.25) is 14.9 Å². The Hall–Kier alpha value is -3.23. The zero-order valence-electron chi connectivity index (χ0n) is 18.6. The van der Waals surface area contributed by atoms with Crippen molar-refractivity contribution in [3.63, 3.8) is 0 Å². The van der Waals surface area contributed by atoms with Crippen LogP contribution in [0.4, 0.5) is 17.5 Å². The summed E-state index contributed by atoms with van der Waals surface area (Å²) in [5.41, 5.74) is 2.87. The van der Waals surface area contributed by atoms with Crippen LogP contribution in [0, 0.1) is 10.1 Å². The van der Waals surface area contributed by atoms with E-state index in [0.29, 0.717) is 11.5 Å². The van der Waals surface area contributed by atoms with E-state index in [9.17, 15) is 14.9 Å². The van der Waals surface area contributed by atoms with Crippen LogP contribution in [0.2, 0.25) is 0 Å². The molecule has 0 radical (unpaired) electrons. The minimum atomic E-state index is -0.469. The fraction of sp³-hybridized carbons (Fsp3) is 0.522. The quantitative estimate of drug-likeness (QED) is 0.524. The number of carbonyl (C=O) groups is 1. The van der Waals surface area contributed by atoms with Gasteiger partial charge in [0, 0.05) is 49.4 Å². The van der Waals surface area contributed by atoms with E-state index in [1.54, 1.807) is 0 Å². The third-order valence-corrected chi connectivity index (χ3v) is 6.32. The first-order chi connectivity index (χ1) is 15.4. The van der Waals surface area contributed by atoms with E-state index >= 15 is 0 Å². The van der Waals surface area contributed by atoms with E-state index in [2.05, 4.69) is 15.5 Å². The molecule has 1 aromatic carbocycles. The van der Waals surface area contributed by atoms with Gasteiger partial charge in [-0.15, -0.1) is 0 Å². The molecule has 0 atom stereocenters. The Labute approximate surface area is 187 Å². The number of hydrogen-bond donors (Lipinski definition) is 2. The first kappa shape index (κ1) is 22.0.